The molecular formula is C16H17ClFN3O. The summed E-state index contributed by atoms with van der Waals surface area (Å²) in [5, 5.41) is 4.64. The molecule has 0 bridgehead atoms. The molecule has 0 aliphatic heterocycles. The van der Waals surface area contributed by atoms with Gasteiger partial charge < -0.3 is 4.90 Å². The maximum Gasteiger partial charge on any atom is 0.246 e. The Labute approximate surface area is 133 Å². The van der Waals surface area contributed by atoms with Gasteiger partial charge in [0.1, 0.15) is 11.0 Å². The van der Waals surface area contributed by atoms with Crippen LogP contribution in [0.4, 0.5) is 4.39 Å². The fourth-order valence-electron chi connectivity index (χ4n) is 2.08. The van der Waals surface area contributed by atoms with E-state index in [9.17, 15) is 9.18 Å². The van der Waals surface area contributed by atoms with E-state index in [4.69, 9.17) is 11.6 Å². The minimum atomic E-state index is -0.322. The highest BCUT2D eigenvalue weighted by Gasteiger charge is 2.11. The number of benzene rings is 1. The summed E-state index contributed by atoms with van der Waals surface area (Å²) >= 11 is 6.10. The molecule has 0 atom stereocenters. The fraction of sp³-hybridized carbons (Fsp3) is 0.250. The lowest BCUT2D eigenvalue weighted by Gasteiger charge is -2.15. The topological polar surface area (TPSA) is 38.1 Å². The Morgan fingerprint density at radius 3 is 2.73 bits per heavy atom. The minimum Gasteiger partial charge on any atom is -0.338 e. The number of hydrogen-bond acceptors (Lipinski definition) is 2. The first-order chi connectivity index (χ1) is 10.4. The van der Waals surface area contributed by atoms with Crippen molar-refractivity contribution in [3.05, 3.63) is 58.1 Å². The summed E-state index contributed by atoms with van der Waals surface area (Å²) in [5.74, 6) is -0.556. The highest BCUT2D eigenvalue weighted by Crippen LogP contribution is 2.20. The van der Waals surface area contributed by atoms with Gasteiger partial charge in [0, 0.05) is 37.8 Å². The molecule has 22 heavy (non-hydrogen) atoms. The quantitative estimate of drug-likeness (QED) is 0.811. The highest BCUT2D eigenvalue weighted by atomic mass is 35.5. The Bertz CT molecular complexity index is 724. The van der Waals surface area contributed by atoms with Crippen molar-refractivity contribution in [1.82, 2.24) is 14.7 Å². The molecule has 2 rings (SSSR count). The standard InChI is InChI=1S/C16H17ClFN3O/c1-11-13(16(17)21(3)19-11)8-9-15(22)20(2)10-12-6-4-5-7-14(12)18/h4-9H,10H2,1-3H3/b9-8+. The number of hydrogen-bond donors (Lipinski definition) is 0. The van der Waals surface area contributed by atoms with Crippen molar-refractivity contribution in [1.29, 1.82) is 0 Å². The molecule has 0 saturated carbocycles. The predicted molar refractivity (Wildman–Crippen MR) is 84.9 cm³/mol. The Morgan fingerprint density at radius 2 is 2.14 bits per heavy atom. The van der Waals surface area contributed by atoms with E-state index in [-0.39, 0.29) is 18.3 Å². The van der Waals surface area contributed by atoms with Crippen molar-refractivity contribution in [2.75, 3.05) is 7.05 Å². The van der Waals surface area contributed by atoms with Crippen LogP contribution in [0.25, 0.3) is 6.08 Å². The van der Waals surface area contributed by atoms with E-state index in [1.54, 1.807) is 43.1 Å². The normalized spacial score (nSPS) is 11.1. The molecule has 0 aliphatic carbocycles. The maximum atomic E-state index is 13.6. The van der Waals surface area contributed by atoms with Gasteiger partial charge in [-0.2, -0.15) is 5.10 Å². The lowest BCUT2D eigenvalue weighted by atomic mass is 10.2. The van der Waals surface area contributed by atoms with Gasteiger partial charge in [-0.1, -0.05) is 29.8 Å². The van der Waals surface area contributed by atoms with Crippen LogP contribution in [0.1, 0.15) is 16.8 Å². The number of rotatable bonds is 4. The Kier molecular flexibility index (Phi) is 4.98. The van der Waals surface area contributed by atoms with Gasteiger partial charge in [0.2, 0.25) is 5.91 Å². The van der Waals surface area contributed by atoms with Crippen LogP contribution in [-0.2, 0) is 18.4 Å². The van der Waals surface area contributed by atoms with E-state index in [2.05, 4.69) is 5.10 Å². The largest absolute Gasteiger partial charge is 0.338 e. The second-order valence-electron chi connectivity index (χ2n) is 5.03. The highest BCUT2D eigenvalue weighted by molar-refractivity contribution is 6.31. The van der Waals surface area contributed by atoms with Gasteiger partial charge >= 0.3 is 0 Å². The SMILES string of the molecule is Cc1nn(C)c(Cl)c1/C=C/C(=O)N(C)Cc1ccccc1F. The third kappa shape index (κ3) is 3.54. The summed E-state index contributed by atoms with van der Waals surface area (Å²) in [6.07, 6.45) is 3.04. The number of carbonyl (C=O) groups is 1. The number of nitrogens with zero attached hydrogens (tertiary/aromatic N) is 3. The molecule has 0 radical (unpaired) electrons. The third-order valence-corrected chi connectivity index (χ3v) is 3.78. The lowest BCUT2D eigenvalue weighted by Crippen LogP contribution is -2.24. The molecule has 6 heteroatoms. The second kappa shape index (κ2) is 6.75. The summed E-state index contributed by atoms with van der Waals surface area (Å²) in [4.78, 5) is 13.5. The molecule has 0 unspecified atom stereocenters. The third-order valence-electron chi connectivity index (χ3n) is 3.33. The zero-order valence-electron chi connectivity index (χ0n) is 12.7. The number of aryl methyl sites for hydroxylation is 2. The Balaban J connectivity index is 2.08. The molecule has 0 aliphatic rings. The van der Waals surface area contributed by atoms with Crippen LogP contribution < -0.4 is 0 Å². The van der Waals surface area contributed by atoms with Crippen LogP contribution in [-0.4, -0.2) is 27.6 Å². The van der Waals surface area contributed by atoms with E-state index >= 15 is 0 Å². The van der Waals surface area contributed by atoms with Crippen LogP contribution in [0.5, 0.6) is 0 Å². The molecule has 116 valence electrons. The molecule has 1 heterocycles. The zero-order valence-corrected chi connectivity index (χ0v) is 13.4. The maximum absolute atomic E-state index is 13.6. The minimum absolute atomic E-state index is 0.204. The first kappa shape index (κ1) is 16.2. The van der Waals surface area contributed by atoms with E-state index in [0.717, 1.165) is 5.69 Å². The monoisotopic (exact) mass is 321 g/mol. The molecule has 0 fully saturated rings. The van der Waals surface area contributed by atoms with E-state index < -0.39 is 0 Å². The average molecular weight is 322 g/mol. The number of likely N-dealkylation sites (N-methyl/N-ethyl adjacent to an activating group) is 1. The Hall–Kier alpha value is -2.14. The van der Waals surface area contributed by atoms with Crippen molar-refractivity contribution in [2.24, 2.45) is 7.05 Å². The van der Waals surface area contributed by atoms with Crippen LogP contribution in [0.2, 0.25) is 5.15 Å². The van der Waals surface area contributed by atoms with Gasteiger partial charge in [-0.15, -0.1) is 0 Å². The molecule has 0 N–H and O–H groups in total. The van der Waals surface area contributed by atoms with Crippen LogP contribution >= 0.6 is 11.6 Å². The van der Waals surface area contributed by atoms with Crippen LogP contribution in [0.15, 0.2) is 30.3 Å². The summed E-state index contributed by atoms with van der Waals surface area (Å²) in [5.41, 5.74) is 1.92. The summed E-state index contributed by atoms with van der Waals surface area (Å²) in [6, 6.07) is 6.40. The second-order valence-corrected chi connectivity index (χ2v) is 5.39. The molecule has 1 aromatic carbocycles. The molecule has 0 saturated heterocycles. The molecule has 0 spiro atoms. The number of carbonyl (C=O) groups excluding carboxylic acids is 1. The predicted octanol–water partition coefficient (Wildman–Crippen LogP) is 3.19. The average Bonchev–Trinajstić information content (AvgIpc) is 2.72. The smallest absolute Gasteiger partial charge is 0.246 e. The van der Waals surface area contributed by atoms with Gasteiger partial charge in [-0.25, -0.2) is 4.39 Å². The lowest BCUT2D eigenvalue weighted by molar-refractivity contribution is -0.125. The molecular weight excluding hydrogens is 305 g/mol. The van der Waals surface area contributed by atoms with E-state index in [1.807, 2.05) is 6.92 Å². The number of aromatic nitrogens is 2. The van der Waals surface area contributed by atoms with Crippen LogP contribution in [0, 0.1) is 12.7 Å². The van der Waals surface area contributed by atoms with E-state index in [0.29, 0.717) is 16.3 Å². The number of amides is 1. The van der Waals surface area contributed by atoms with Gasteiger partial charge in [0.05, 0.1) is 5.69 Å². The van der Waals surface area contributed by atoms with Crippen molar-refractivity contribution in [3.63, 3.8) is 0 Å². The summed E-state index contributed by atoms with van der Waals surface area (Å²) in [6.45, 7) is 2.02. The first-order valence-electron chi connectivity index (χ1n) is 6.76. The van der Waals surface area contributed by atoms with Gasteiger partial charge in [0.15, 0.2) is 0 Å². The van der Waals surface area contributed by atoms with Gasteiger partial charge in [-0.05, 0) is 19.1 Å². The van der Waals surface area contributed by atoms with Crippen molar-refractivity contribution in [3.8, 4) is 0 Å². The van der Waals surface area contributed by atoms with Crippen molar-refractivity contribution in [2.45, 2.75) is 13.5 Å². The van der Waals surface area contributed by atoms with Crippen LogP contribution in [0.3, 0.4) is 0 Å². The van der Waals surface area contributed by atoms with Crippen molar-refractivity contribution < 1.29 is 9.18 Å². The molecule has 1 aromatic heterocycles. The first-order valence-corrected chi connectivity index (χ1v) is 7.13. The summed E-state index contributed by atoms with van der Waals surface area (Å²) in [7, 11) is 3.36. The zero-order chi connectivity index (χ0) is 16.3. The Morgan fingerprint density at radius 1 is 1.45 bits per heavy atom. The van der Waals surface area contributed by atoms with E-state index in [1.165, 1.54) is 17.0 Å². The molecule has 4 nitrogen and oxygen atoms in total. The number of halogens is 2. The fourth-order valence-corrected chi connectivity index (χ4v) is 2.32. The molecule has 2 aromatic rings. The summed E-state index contributed by atoms with van der Waals surface area (Å²) < 4.78 is 15.1. The van der Waals surface area contributed by atoms with Gasteiger partial charge in [0.25, 0.3) is 0 Å². The van der Waals surface area contributed by atoms with Gasteiger partial charge in [-0.3, -0.25) is 9.48 Å². The molecule has 1 amide bonds. The van der Waals surface area contributed by atoms with Crippen molar-refractivity contribution >= 4 is 23.6 Å².